The van der Waals surface area contributed by atoms with Crippen LogP contribution in [0.1, 0.15) is 24.2 Å². The number of nitrogen functional groups attached to an aromatic ring is 1. The Morgan fingerprint density at radius 3 is 2.88 bits per heavy atom. The summed E-state index contributed by atoms with van der Waals surface area (Å²) in [6, 6.07) is 1.64. The van der Waals surface area contributed by atoms with E-state index in [9.17, 15) is 4.79 Å². The van der Waals surface area contributed by atoms with E-state index < -0.39 is 5.60 Å². The highest BCUT2D eigenvalue weighted by Crippen LogP contribution is 2.12. The van der Waals surface area contributed by atoms with Gasteiger partial charge in [-0.05, 0) is 19.9 Å². The van der Waals surface area contributed by atoms with E-state index in [2.05, 4.69) is 15.7 Å². The molecule has 1 rings (SSSR count). The average molecular weight is 238 g/mol. The molecule has 0 saturated heterocycles. The summed E-state index contributed by atoms with van der Waals surface area (Å²) in [5.74, 6) is 5.07. The molecule has 0 unspecified atom stereocenters. The lowest BCUT2D eigenvalue weighted by Gasteiger charge is -2.23. The number of nitrogens with zero attached hydrogens (tertiary/aromatic N) is 1. The Bertz CT molecular complexity index is 393. The van der Waals surface area contributed by atoms with Gasteiger partial charge >= 0.3 is 0 Å². The molecule has 0 aliphatic rings. The molecule has 1 aromatic heterocycles. The summed E-state index contributed by atoms with van der Waals surface area (Å²) < 4.78 is 5.21. The number of pyridine rings is 1. The van der Waals surface area contributed by atoms with E-state index in [0.717, 1.165) is 0 Å². The first-order valence-corrected chi connectivity index (χ1v) is 5.24. The maximum Gasteiger partial charge on any atom is 0.255 e. The normalized spacial score (nSPS) is 11.1. The van der Waals surface area contributed by atoms with Gasteiger partial charge in [0.05, 0.1) is 16.9 Å². The van der Waals surface area contributed by atoms with Crippen LogP contribution in [0.25, 0.3) is 0 Å². The highest BCUT2D eigenvalue weighted by Gasteiger charge is 2.19. The first-order valence-electron chi connectivity index (χ1n) is 5.24. The molecule has 6 nitrogen and oxygen atoms in total. The van der Waals surface area contributed by atoms with E-state index in [1.54, 1.807) is 19.4 Å². The number of aromatic nitrogens is 1. The molecular weight excluding hydrogens is 220 g/mol. The second-order valence-corrected chi connectivity index (χ2v) is 4.21. The lowest BCUT2D eigenvalue weighted by Crippen LogP contribution is -2.40. The van der Waals surface area contributed by atoms with Gasteiger partial charge in [-0.2, -0.15) is 0 Å². The molecule has 0 spiro atoms. The van der Waals surface area contributed by atoms with Crippen molar-refractivity contribution in [3.8, 4) is 0 Å². The van der Waals surface area contributed by atoms with Crippen molar-refractivity contribution in [2.75, 3.05) is 19.1 Å². The number of hydrogen-bond donors (Lipinski definition) is 3. The molecule has 4 N–H and O–H groups in total. The Morgan fingerprint density at radius 1 is 1.59 bits per heavy atom. The first-order chi connectivity index (χ1) is 8.00. The van der Waals surface area contributed by atoms with Crippen LogP contribution in [-0.2, 0) is 4.74 Å². The molecule has 1 heterocycles. The van der Waals surface area contributed by atoms with Gasteiger partial charge in [0.15, 0.2) is 0 Å². The second-order valence-electron chi connectivity index (χ2n) is 4.21. The number of rotatable bonds is 5. The summed E-state index contributed by atoms with van der Waals surface area (Å²) in [7, 11) is 1.60. The van der Waals surface area contributed by atoms with Gasteiger partial charge in [0.25, 0.3) is 5.91 Å². The van der Waals surface area contributed by atoms with Crippen molar-refractivity contribution >= 4 is 11.6 Å². The molecule has 0 radical (unpaired) electrons. The predicted octanol–water partition coefficient (Wildman–Crippen LogP) is 0.522. The summed E-state index contributed by atoms with van der Waals surface area (Å²) >= 11 is 0. The van der Waals surface area contributed by atoms with Crippen molar-refractivity contribution in [1.82, 2.24) is 10.3 Å². The molecule has 0 atom stereocenters. The molecule has 0 aromatic carbocycles. The van der Waals surface area contributed by atoms with E-state index in [4.69, 9.17) is 10.6 Å². The monoisotopic (exact) mass is 238 g/mol. The average Bonchev–Trinajstić information content (AvgIpc) is 2.36. The third-order valence-electron chi connectivity index (χ3n) is 2.45. The zero-order chi connectivity index (χ0) is 12.9. The van der Waals surface area contributed by atoms with Crippen molar-refractivity contribution in [3.05, 3.63) is 24.0 Å². The zero-order valence-electron chi connectivity index (χ0n) is 10.3. The minimum absolute atomic E-state index is 0.240. The maximum atomic E-state index is 11.9. The van der Waals surface area contributed by atoms with Gasteiger partial charge in [-0.3, -0.25) is 15.6 Å². The summed E-state index contributed by atoms with van der Waals surface area (Å²) in [4.78, 5) is 15.8. The fourth-order valence-electron chi connectivity index (χ4n) is 1.16. The summed E-state index contributed by atoms with van der Waals surface area (Å²) in [5.41, 5.74) is 2.99. The highest BCUT2D eigenvalue weighted by molar-refractivity contribution is 5.99. The van der Waals surface area contributed by atoms with Crippen LogP contribution in [0.3, 0.4) is 0 Å². The Kier molecular flexibility index (Phi) is 4.42. The van der Waals surface area contributed by atoms with Gasteiger partial charge in [-0.15, -0.1) is 0 Å². The SMILES string of the molecule is COC(C)(C)CNC(=O)c1cnccc1NN. The lowest BCUT2D eigenvalue weighted by molar-refractivity contribution is 0.0229. The zero-order valence-corrected chi connectivity index (χ0v) is 10.3. The first kappa shape index (κ1) is 13.4. The van der Waals surface area contributed by atoms with Crippen LogP contribution in [0.15, 0.2) is 18.5 Å². The van der Waals surface area contributed by atoms with Gasteiger partial charge < -0.3 is 15.5 Å². The summed E-state index contributed by atoms with van der Waals surface area (Å²) in [5, 5.41) is 2.77. The number of carbonyl (C=O) groups excluding carboxylic acids is 1. The molecule has 94 valence electrons. The van der Waals surface area contributed by atoms with Crippen molar-refractivity contribution < 1.29 is 9.53 Å². The van der Waals surface area contributed by atoms with E-state index in [1.165, 1.54) is 6.20 Å². The second kappa shape index (κ2) is 5.60. The number of ether oxygens (including phenoxy) is 1. The molecule has 6 heteroatoms. The van der Waals surface area contributed by atoms with Crippen LogP contribution in [0, 0.1) is 0 Å². The molecule has 0 aliphatic carbocycles. The number of nitrogens with one attached hydrogen (secondary N) is 2. The van der Waals surface area contributed by atoms with E-state index in [0.29, 0.717) is 17.8 Å². The fraction of sp³-hybridized carbons (Fsp3) is 0.455. The highest BCUT2D eigenvalue weighted by atomic mass is 16.5. The summed E-state index contributed by atoms with van der Waals surface area (Å²) in [6.45, 7) is 4.18. The molecule has 0 saturated carbocycles. The number of anilines is 1. The molecule has 0 aliphatic heterocycles. The van der Waals surface area contributed by atoms with Crippen molar-refractivity contribution in [1.29, 1.82) is 0 Å². The van der Waals surface area contributed by atoms with Crippen LogP contribution >= 0.6 is 0 Å². The quantitative estimate of drug-likeness (QED) is 0.514. The Morgan fingerprint density at radius 2 is 2.29 bits per heavy atom. The minimum atomic E-state index is -0.409. The van der Waals surface area contributed by atoms with Gasteiger partial charge in [0.1, 0.15) is 0 Å². The van der Waals surface area contributed by atoms with Gasteiger partial charge in [-0.25, -0.2) is 0 Å². The van der Waals surface area contributed by atoms with Crippen LogP contribution < -0.4 is 16.6 Å². The maximum absolute atomic E-state index is 11.9. The van der Waals surface area contributed by atoms with Crippen molar-refractivity contribution in [2.24, 2.45) is 5.84 Å². The van der Waals surface area contributed by atoms with Crippen LogP contribution in [-0.4, -0.2) is 30.1 Å². The third-order valence-corrected chi connectivity index (χ3v) is 2.45. The minimum Gasteiger partial charge on any atom is -0.377 e. The van der Waals surface area contributed by atoms with Crippen LogP contribution in [0.2, 0.25) is 0 Å². The smallest absolute Gasteiger partial charge is 0.255 e. The Labute approximate surface area is 101 Å². The molecule has 17 heavy (non-hydrogen) atoms. The number of nitrogens with two attached hydrogens (primary N) is 1. The van der Waals surface area contributed by atoms with E-state index >= 15 is 0 Å². The number of hydrazine groups is 1. The molecule has 0 bridgehead atoms. The van der Waals surface area contributed by atoms with Crippen molar-refractivity contribution in [2.45, 2.75) is 19.4 Å². The Hall–Kier alpha value is -1.66. The number of methoxy groups -OCH3 is 1. The largest absolute Gasteiger partial charge is 0.377 e. The molecule has 1 amide bonds. The van der Waals surface area contributed by atoms with Gasteiger partial charge in [0, 0.05) is 26.0 Å². The number of carbonyl (C=O) groups is 1. The van der Waals surface area contributed by atoms with Crippen molar-refractivity contribution in [3.63, 3.8) is 0 Å². The number of hydrogen-bond acceptors (Lipinski definition) is 5. The summed E-state index contributed by atoms with van der Waals surface area (Å²) in [6.07, 6.45) is 3.02. The topological polar surface area (TPSA) is 89.3 Å². The van der Waals surface area contributed by atoms with Crippen LogP contribution in [0.4, 0.5) is 5.69 Å². The van der Waals surface area contributed by atoms with E-state index in [1.807, 2.05) is 13.8 Å². The molecular formula is C11H18N4O2. The third kappa shape index (κ3) is 3.69. The lowest BCUT2D eigenvalue weighted by atomic mass is 10.1. The molecule has 0 fully saturated rings. The van der Waals surface area contributed by atoms with Crippen LogP contribution in [0.5, 0.6) is 0 Å². The van der Waals surface area contributed by atoms with E-state index in [-0.39, 0.29) is 5.91 Å². The van der Waals surface area contributed by atoms with Gasteiger partial charge in [-0.1, -0.05) is 0 Å². The standard InChI is InChI=1S/C11H18N4O2/c1-11(2,17-3)7-14-10(16)8-6-13-5-4-9(8)15-12/h4-6H,7,12H2,1-3H3,(H,13,15)(H,14,16). The van der Waals surface area contributed by atoms with Gasteiger partial charge in [0.2, 0.25) is 0 Å². The molecule has 1 aromatic rings. The Balaban J connectivity index is 2.70. The predicted molar refractivity (Wildman–Crippen MR) is 65.5 cm³/mol. The number of amides is 1. The fourth-order valence-corrected chi connectivity index (χ4v) is 1.16.